The van der Waals surface area contributed by atoms with Gasteiger partial charge in [-0.3, -0.25) is 0 Å². The van der Waals surface area contributed by atoms with Gasteiger partial charge in [0.2, 0.25) is 0 Å². The van der Waals surface area contributed by atoms with Crippen molar-refractivity contribution in [3.05, 3.63) is 0 Å². The van der Waals surface area contributed by atoms with Crippen LogP contribution in [-0.2, 0) is 10.6 Å². The molecule has 0 aromatic heterocycles. The third-order valence-corrected chi connectivity index (χ3v) is 0. The molecule has 0 N–H and O–H groups in total. The zero-order chi connectivity index (χ0) is 8.08. The Hall–Kier alpha value is 0.400. The average Bonchev–Trinajstić information content (AvgIpc) is 1.19. The molecule has 0 aliphatic heterocycles. The molecule has 0 unspecified atom stereocenters. The summed E-state index contributed by atoms with van der Waals surface area (Å²) in [6.45, 7) is 0. The predicted octanol–water partition coefficient (Wildman–Crippen LogP) is 1.81. The Labute approximate surface area is 62.9 Å². The second kappa shape index (κ2) is 5.21. The summed E-state index contributed by atoms with van der Waals surface area (Å²) in [6.07, 6.45) is 0. The second-order valence-corrected chi connectivity index (χ2v) is 2.32. The number of hydrogen-bond donors (Lipinski definition) is 0. The Morgan fingerprint density at radius 1 is 1.22 bits per heavy atom. The molecule has 2 nitrogen and oxygen atoms in total. The first-order valence-electron chi connectivity index (χ1n) is 1.30. The molecule has 0 radical (unpaired) electrons. The van der Waals surface area contributed by atoms with Gasteiger partial charge in [-0.15, -0.1) is 0 Å². The predicted molar refractivity (Wildman–Crippen MR) is 31.2 cm³/mol. The lowest BCUT2D eigenvalue weighted by molar-refractivity contribution is 0.271. The summed E-state index contributed by atoms with van der Waals surface area (Å²) in [6, 6.07) is 0. The first-order chi connectivity index (χ1) is 3.73. The molecule has 9 heavy (non-hydrogen) atoms. The molecular formula is CHF4IO2S. The van der Waals surface area contributed by atoms with Crippen LogP contribution in [0, 0.1) is 0 Å². The van der Waals surface area contributed by atoms with Crippen molar-refractivity contribution < 1.29 is 25.0 Å². The summed E-state index contributed by atoms with van der Waals surface area (Å²) in [5.41, 5.74) is 0. The van der Waals surface area contributed by atoms with Gasteiger partial charge < -0.3 is 0 Å². The Balaban J connectivity index is 0. The summed E-state index contributed by atoms with van der Waals surface area (Å²) in [5.74, 6) is 0. The van der Waals surface area contributed by atoms with Crippen LogP contribution in [0.25, 0.3) is 0 Å². The van der Waals surface area contributed by atoms with Gasteiger partial charge in [-0.2, -0.15) is 17.2 Å². The summed E-state index contributed by atoms with van der Waals surface area (Å²) >= 11 is 1.01. The van der Waals surface area contributed by atoms with E-state index in [0.717, 1.165) is 22.6 Å². The fraction of sp³-hybridized carbons (Fsp3) is 1.00. The third-order valence-electron chi connectivity index (χ3n) is 0. The van der Waals surface area contributed by atoms with Gasteiger partial charge in [-0.05, 0) is 22.6 Å². The highest BCUT2D eigenvalue weighted by molar-refractivity contribution is 14.1. The molecular weight excluding hydrogens is 279 g/mol. The summed E-state index contributed by atoms with van der Waals surface area (Å²) in [4.78, 5) is 0. The molecule has 0 fully saturated rings. The van der Waals surface area contributed by atoms with Crippen LogP contribution in [-0.4, -0.2) is 12.8 Å². The Kier molecular flexibility index (Phi) is 7.01. The van der Waals surface area contributed by atoms with Crippen molar-refractivity contribution >= 4 is 33.2 Å². The maximum absolute atomic E-state index is 10.3. The molecule has 0 heterocycles. The zero-order valence-electron chi connectivity index (χ0n) is 3.69. The fourth-order valence-electron chi connectivity index (χ4n) is 0. The SMILES string of the molecule is FC(F)I.O=S(=O)(F)F. The second-order valence-electron chi connectivity index (χ2n) is 0.626. The van der Waals surface area contributed by atoms with E-state index in [1.165, 1.54) is 0 Å². The molecule has 0 saturated carbocycles. The van der Waals surface area contributed by atoms with Crippen LogP contribution in [0.4, 0.5) is 16.6 Å². The van der Waals surface area contributed by atoms with Gasteiger partial charge in [0.1, 0.15) is 0 Å². The van der Waals surface area contributed by atoms with Gasteiger partial charge in [0.15, 0.2) is 0 Å². The maximum Gasteiger partial charge on any atom is 0.476 e. The number of hydrogen-bond acceptors (Lipinski definition) is 2. The molecule has 0 rings (SSSR count). The smallest absolute Gasteiger partial charge is 0.199 e. The van der Waals surface area contributed by atoms with Crippen LogP contribution >= 0.6 is 22.6 Å². The van der Waals surface area contributed by atoms with Crippen molar-refractivity contribution in [2.24, 2.45) is 0 Å². The molecule has 0 aromatic carbocycles. The minimum atomic E-state index is -5.67. The van der Waals surface area contributed by atoms with E-state index in [-0.39, 0.29) is 0 Å². The topological polar surface area (TPSA) is 34.1 Å². The standard InChI is InChI=1S/CHF2I.F2O2S/c2-1(3)4;1-5(2,3)4/h1H;. The third kappa shape index (κ3) is 2150. The first kappa shape index (κ1) is 12.1. The monoisotopic (exact) mass is 280 g/mol. The van der Waals surface area contributed by atoms with Gasteiger partial charge >= 0.3 is 10.6 Å². The molecule has 8 heteroatoms. The van der Waals surface area contributed by atoms with E-state index in [0.29, 0.717) is 0 Å². The lowest BCUT2D eigenvalue weighted by Gasteiger charge is -1.67. The zero-order valence-corrected chi connectivity index (χ0v) is 6.67. The van der Waals surface area contributed by atoms with E-state index in [9.17, 15) is 16.6 Å². The molecule has 0 bridgehead atoms. The Bertz CT molecular complexity index is 130. The fourth-order valence-corrected chi connectivity index (χ4v) is 0. The van der Waals surface area contributed by atoms with Crippen LogP contribution in [0.5, 0.6) is 0 Å². The Morgan fingerprint density at radius 2 is 1.22 bits per heavy atom. The number of alkyl halides is 3. The van der Waals surface area contributed by atoms with Gasteiger partial charge in [0.05, 0.1) is 0 Å². The van der Waals surface area contributed by atoms with Gasteiger partial charge in [-0.1, -0.05) is 7.77 Å². The van der Waals surface area contributed by atoms with E-state index in [4.69, 9.17) is 8.42 Å². The molecule has 0 aromatic rings. The summed E-state index contributed by atoms with van der Waals surface area (Å²) in [5, 5.41) is 0. The van der Waals surface area contributed by atoms with Gasteiger partial charge in [0.25, 0.3) is 4.43 Å². The van der Waals surface area contributed by atoms with Crippen LogP contribution in [0.15, 0.2) is 0 Å². The highest BCUT2D eigenvalue weighted by Gasteiger charge is 1.94. The van der Waals surface area contributed by atoms with Crippen molar-refractivity contribution in [1.29, 1.82) is 0 Å². The van der Waals surface area contributed by atoms with Crippen molar-refractivity contribution in [3.8, 4) is 0 Å². The van der Waals surface area contributed by atoms with Crippen molar-refractivity contribution in [2.45, 2.75) is 4.43 Å². The van der Waals surface area contributed by atoms with Crippen LogP contribution in [0.2, 0.25) is 0 Å². The van der Waals surface area contributed by atoms with E-state index in [1.54, 1.807) is 0 Å². The molecule has 58 valence electrons. The molecule has 0 aliphatic rings. The molecule has 0 aliphatic carbocycles. The lowest BCUT2D eigenvalue weighted by atomic mass is 11.7. The van der Waals surface area contributed by atoms with Crippen LogP contribution in [0.3, 0.4) is 0 Å². The number of rotatable bonds is 0. The highest BCUT2D eigenvalue weighted by atomic mass is 127. The van der Waals surface area contributed by atoms with Crippen LogP contribution < -0.4 is 0 Å². The first-order valence-corrected chi connectivity index (χ1v) is 3.83. The van der Waals surface area contributed by atoms with Crippen molar-refractivity contribution in [3.63, 3.8) is 0 Å². The van der Waals surface area contributed by atoms with Gasteiger partial charge in [0, 0.05) is 0 Å². The summed E-state index contributed by atoms with van der Waals surface area (Å²) in [7, 11) is -5.67. The largest absolute Gasteiger partial charge is 0.476 e. The molecule has 0 saturated heterocycles. The van der Waals surface area contributed by atoms with E-state index in [1.807, 2.05) is 0 Å². The molecule has 0 spiro atoms. The van der Waals surface area contributed by atoms with Crippen molar-refractivity contribution in [2.75, 3.05) is 0 Å². The van der Waals surface area contributed by atoms with E-state index in [2.05, 4.69) is 0 Å². The van der Waals surface area contributed by atoms with Gasteiger partial charge in [-0.25, -0.2) is 0 Å². The Morgan fingerprint density at radius 3 is 1.22 bits per heavy atom. The number of halogens is 5. The van der Waals surface area contributed by atoms with E-state index >= 15 is 0 Å². The van der Waals surface area contributed by atoms with Crippen molar-refractivity contribution in [1.82, 2.24) is 0 Å². The normalized spacial score (nSPS) is 10.4. The average molecular weight is 280 g/mol. The van der Waals surface area contributed by atoms with E-state index < -0.39 is 15.0 Å². The minimum Gasteiger partial charge on any atom is -0.199 e. The lowest BCUT2D eigenvalue weighted by Crippen LogP contribution is -1.69. The van der Waals surface area contributed by atoms with Crippen LogP contribution in [0.1, 0.15) is 0 Å². The maximum atomic E-state index is 10.3. The highest BCUT2D eigenvalue weighted by Crippen LogP contribution is 1.99. The quantitative estimate of drug-likeness (QED) is 0.293. The molecule has 0 atom stereocenters. The molecule has 0 amide bonds. The minimum absolute atomic E-state index is 1.01. The summed E-state index contributed by atoms with van der Waals surface area (Å²) < 4.78 is 55.0.